The molecule has 0 spiro atoms. The molecule has 17 heavy (non-hydrogen) atoms. The minimum absolute atomic E-state index is 0.406. The molecular weight excluding hydrogens is 298 g/mol. The van der Waals surface area contributed by atoms with Crippen LogP contribution in [0.1, 0.15) is 51.1 Å². The first kappa shape index (κ1) is 15.0. The standard InChI is InChI=1S/C14H21BrClN/c1-3-5-6-14(17-9-4-2)12-10-11(16)7-8-13(12)15/h7-8,10,14,17H,3-6,9H2,1-2H3. The summed E-state index contributed by atoms with van der Waals surface area (Å²) in [4.78, 5) is 0. The van der Waals surface area contributed by atoms with Crippen molar-refractivity contribution < 1.29 is 0 Å². The maximum atomic E-state index is 6.08. The van der Waals surface area contributed by atoms with Gasteiger partial charge in [0.1, 0.15) is 0 Å². The molecule has 3 heteroatoms. The van der Waals surface area contributed by atoms with Crippen molar-refractivity contribution in [2.24, 2.45) is 0 Å². The van der Waals surface area contributed by atoms with E-state index in [-0.39, 0.29) is 0 Å². The van der Waals surface area contributed by atoms with Crippen LogP contribution in [-0.2, 0) is 0 Å². The summed E-state index contributed by atoms with van der Waals surface area (Å²) < 4.78 is 1.15. The van der Waals surface area contributed by atoms with Gasteiger partial charge in [-0.25, -0.2) is 0 Å². The van der Waals surface area contributed by atoms with Crippen LogP contribution in [0.15, 0.2) is 22.7 Å². The topological polar surface area (TPSA) is 12.0 Å². The molecule has 1 N–H and O–H groups in total. The molecule has 0 bridgehead atoms. The molecule has 0 radical (unpaired) electrons. The van der Waals surface area contributed by atoms with Gasteiger partial charge in [0.05, 0.1) is 0 Å². The van der Waals surface area contributed by atoms with Crippen LogP contribution >= 0.6 is 27.5 Å². The second-order valence-corrected chi connectivity index (χ2v) is 5.61. The van der Waals surface area contributed by atoms with Crippen molar-refractivity contribution in [3.63, 3.8) is 0 Å². The van der Waals surface area contributed by atoms with E-state index in [1.807, 2.05) is 12.1 Å². The second-order valence-electron chi connectivity index (χ2n) is 4.31. The minimum atomic E-state index is 0.406. The van der Waals surface area contributed by atoms with Crippen molar-refractivity contribution in [1.82, 2.24) is 5.32 Å². The number of benzene rings is 1. The number of halogens is 2. The average Bonchev–Trinajstić information content (AvgIpc) is 2.33. The molecule has 0 amide bonds. The minimum Gasteiger partial charge on any atom is -0.310 e. The van der Waals surface area contributed by atoms with E-state index in [1.165, 1.54) is 18.4 Å². The number of rotatable bonds is 7. The zero-order valence-electron chi connectivity index (χ0n) is 10.6. The largest absolute Gasteiger partial charge is 0.310 e. The van der Waals surface area contributed by atoms with Crippen LogP contribution in [0.3, 0.4) is 0 Å². The zero-order valence-corrected chi connectivity index (χ0v) is 12.9. The summed E-state index contributed by atoms with van der Waals surface area (Å²) in [7, 11) is 0. The Bertz CT molecular complexity index is 333. The quantitative estimate of drug-likeness (QED) is 0.716. The molecule has 1 nitrogen and oxygen atoms in total. The monoisotopic (exact) mass is 317 g/mol. The van der Waals surface area contributed by atoms with Gasteiger partial charge in [0, 0.05) is 15.5 Å². The predicted octanol–water partition coefficient (Wildman–Crippen LogP) is 5.33. The first-order chi connectivity index (χ1) is 8.19. The van der Waals surface area contributed by atoms with Crippen molar-refractivity contribution in [3.8, 4) is 0 Å². The Balaban J connectivity index is 2.82. The maximum Gasteiger partial charge on any atom is 0.0410 e. The molecule has 1 unspecified atom stereocenters. The molecular formula is C14H21BrClN. The molecule has 1 atom stereocenters. The molecule has 96 valence electrons. The van der Waals surface area contributed by atoms with Crippen LogP contribution in [0, 0.1) is 0 Å². The fraction of sp³-hybridized carbons (Fsp3) is 0.571. The van der Waals surface area contributed by atoms with Crippen LogP contribution in [0.25, 0.3) is 0 Å². The smallest absolute Gasteiger partial charge is 0.0410 e. The highest BCUT2D eigenvalue weighted by atomic mass is 79.9. The number of hydrogen-bond donors (Lipinski definition) is 1. The molecule has 0 aliphatic rings. The van der Waals surface area contributed by atoms with E-state index in [0.29, 0.717) is 6.04 Å². The molecule has 1 rings (SSSR count). The Kier molecular flexibility index (Phi) is 7.17. The number of unbranched alkanes of at least 4 members (excludes halogenated alkanes) is 1. The van der Waals surface area contributed by atoms with Crippen LogP contribution in [0.2, 0.25) is 5.02 Å². The fourth-order valence-electron chi connectivity index (χ4n) is 1.88. The normalized spacial score (nSPS) is 12.7. The van der Waals surface area contributed by atoms with Gasteiger partial charge in [0.25, 0.3) is 0 Å². The lowest BCUT2D eigenvalue weighted by Gasteiger charge is -2.20. The van der Waals surface area contributed by atoms with Crippen LogP contribution < -0.4 is 5.32 Å². The van der Waals surface area contributed by atoms with E-state index in [9.17, 15) is 0 Å². The van der Waals surface area contributed by atoms with Gasteiger partial charge < -0.3 is 5.32 Å². The highest BCUT2D eigenvalue weighted by molar-refractivity contribution is 9.10. The van der Waals surface area contributed by atoms with Crippen molar-refractivity contribution in [2.75, 3.05) is 6.54 Å². The van der Waals surface area contributed by atoms with Crippen molar-refractivity contribution in [2.45, 2.75) is 45.6 Å². The van der Waals surface area contributed by atoms with Crippen LogP contribution in [0.5, 0.6) is 0 Å². The molecule has 0 saturated heterocycles. The molecule has 1 aromatic rings. The average molecular weight is 319 g/mol. The van der Waals surface area contributed by atoms with Crippen molar-refractivity contribution in [1.29, 1.82) is 0 Å². The second kappa shape index (κ2) is 8.12. The van der Waals surface area contributed by atoms with Gasteiger partial charge >= 0.3 is 0 Å². The third-order valence-corrected chi connectivity index (χ3v) is 3.78. The van der Waals surface area contributed by atoms with Crippen molar-refractivity contribution in [3.05, 3.63) is 33.3 Å². The van der Waals surface area contributed by atoms with Gasteiger partial charge in [-0.3, -0.25) is 0 Å². The fourth-order valence-corrected chi connectivity index (χ4v) is 2.58. The molecule has 0 aromatic heterocycles. The van der Waals surface area contributed by atoms with Gasteiger partial charge in [0.15, 0.2) is 0 Å². The van der Waals surface area contributed by atoms with Gasteiger partial charge in [-0.2, -0.15) is 0 Å². The molecule has 0 aliphatic heterocycles. The van der Waals surface area contributed by atoms with E-state index in [1.54, 1.807) is 0 Å². The molecule has 0 fully saturated rings. The van der Waals surface area contributed by atoms with E-state index in [0.717, 1.165) is 28.9 Å². The summed E-state index contributed by atoms with van der Waals surface area (Å²) in [5.41, 5.74) is 1.28. The Labute approximate surface area is 118 Å². The third kappa shape index (κ3) is 4.99. The molecule has 1 aromatic carbocycles. The predicted molar refractivity (Wildman–Crippen MR) is 79.7 cm³/mol. The summed E-state index contributed by atoms with van der Waals surface area (Å²) in [6.07, 6.45) is 4.78. The van der Waals surface area contributed by atoms with E-state index >= 15 is 0 Å². The Hall–Kier alpha value is -0.0500. The number of nitrogens with one attached hydrogen (secondary N) is 1. The first-order valence-electron chi connectivity index (χ1n) is 6.37. The van der Waals surface area contributed by atoms with Crippen LogP contribution in [-0.4, -0.2) is 6.54 Å². The van der Waals surface area contributed by atoms with E-state index < -0.39 is 0 Å². The highest BCUT2D eigenvalue weighted by Crippen LogP contribution is 2.29. The Morgan fingerprint density at radius 2 is 2.06 bits per heavy atom. The SMILES string of the molecule is CCCCC(NCCC)c1cc(Cl)ccc1Br. The van der Waals surface area contributed by atoms with E-state index in [4.69, 9.17) is 11.6 Å². The van der Waals surface area contributed by atoms with Crippen molar-refractivity contribution >= 4 is 27.5 Å². The molecule has 0 heterocycles. The maximum absolute atomic E-state index is 6.08. The first-order valence-corrected chi connectivity index (χ1v) is 7.54. The van der Waals surface area contributed by atoms with Gasteiger partial charge in [-0.1, -0.05) is 54.2 Å². The third-order valence-electron chi connectivity index (χ3n) is 2.82. The Morgan fingerprint density at radius 3 is 2.71 bits per heavy atom. The lowest BCUT2D eigenvalue weighted by atomic mass is 10.0. The summed E-state index contributed by atoms with van der Waals surface area (Å²) >= 11 is 9.70. The zero-order chi connectivity index (χ0) is 12.7. The van der Waals surface area contributed by atoms with E-state index in [2.05, 4.69) is 41.2 Å². The van der Waals surface area contributed by atoms with Crippen LogP contribution in [0.4, 0.5) is 0 Å². The summed E-state index contributed by atoms with van der Waals surface area (Å²) in [5.74, 6) is 0. The number of hydrogen-bond acceptors (Lipinski definition) is 1. The summed E-state index contributed by atoms with van der Waals surface area (Å²) in [5, 5.41) is 4.41. The lowest BCUT2D eigenvalue weighted by molar-refractivity contribution is 0.480. The Morgan fingerprint density at radius 1 is 1.29 bits per heavy atom. The summed E-state index contributed by atoms with van der Waals surface area (Å²) in [6, 6.07) is 6.42. The van der Waals surface area contributed by atoms with Gasteiger partial charge in [-0.15, -0.1) is 0 Å². The lowest BCUT2D eigenvalue weighted by Crippen LogP contribution is -2.22. The molecule has 0 saturated carbocycles. The summed E-state index contributed by atoms with van der Waals surface area (Å²) in [6.45, 7) is 5.47. The van der Waals surface area contributed by atoms with Gasteiger partial charge in [0.2, 0.25) is 0 Å². The highest BCUT2D eigenvalue weighted by Gasteiger charge is 2.13. The van der Waals surface area contributed by atoms with Gasteiger partial charge in [-0.05, 0) is 43.1 Å². The molecule has 0 aliphatic carbocycles.